The van der Waals surface area contributed by atoms with Crippen molar-refractivity contribution in [1.82, 2.24) is 15.2 Å². The Morgan fingerprint density at radius 3 is 2.35 bits per heavy atom. The average molecular weight is 1050 g/mol. The lowest BCUT2D eigenvalue weighted by Crippen LogP contribution is -2.61. The summed E-state index contributed by atoms with van der Waals surface area (Å²) in [7, 11) is 4.51. The number of aliphatic hydroxyl groups excluding tert-OH is 1. The van der Waals surface area contributed by atoms with Crippen molar-refractivity contribution in [3.05, 3.63) is 77.7 Å². The van der Waals surface area contributed by atoms with Crippen molar-refractivity contribution in [3.8, 4) is 0 Å². The Morgan fingerprint density at radius 1 is 0.893 bits per heavy atom. The van der Waals surface area contributed by atoms with Gasteiger partial charge in [0.05, 0.1) is 30.6 Å². The highest BCUT2D eigenvalue weighted by Crippen LogP contribution is 2.38. The Kier molecular flexibility index (Phi) is 23.6. The van der Waals surface area contributed by atoms with Gasteiger partial charge in [-0.05, 0) is 119 Å². The third-order valence-electron chi connectivity index (χ3n) is 15.9. The number of fused-ring (bicyclic) bond motifs is 3. The molecule has 416 valence electrons. The number of nitrogens with zero attached hydrogens (tertiary/aromatic N) is 2. The van der Waals surface area contributed by atoms with Gasteiger partial charge in [0.1, 0.15) is 36.2 Å². The van der Waals surface area contributed by atoms with E-state index in [2.05, 4.69) is 10.3 Å². The van der Waals surface area contributed by atoms with Crippen LogP contribution in [0.15, 0.2) is 72.0 Å². The average Bonchev–Trinajstić information content (AvgIpc) is 3.40. The molecule has 2 bridgehead atoms. The monoisotopic (exact) mass is 1050 g/mol. The number of aromatic nitrogens is 1. The van der Waals surface area contributed by atoms with Gasteiger partial charge in [0.25, 0.3) is 11.7 Å². The molecular weight excluding hydrogens is 963 g/mol. The zero-order valence-electron chi connectivity index (χ0n) is 45.9. The van der Waals surface area contributed by atoms with Gasteiger partial charge in [-0.15, -0.1) is 0 Å². The summed E-state index contributed by atoms with van der Waals surface area (Å²) in [5, 5.41) is 26.3. The lowest BCUT2D eigenvalue weighted by Gasteiger charge is -2.42. The van der Waals surface area contributed by atoms with Crippen LogP contribution in [-0.2, 0) is 58.9 Å². The number of piperidine rings is 1. The van der Waals surface area contributed by atoms with Crippen LogP contribution in [0, 0.1) is 35.5 Å². The molecule has 2 amide bonds. The molecule has 3 aliphatic heterocycles. The smallest absolute Gasteiger partial charge is 0.407 e. The van der Waals surface area contributed by atoms with E-state index in [4.69, 9.17) is 28.4 Å². The van der Waals surface area contributed by atoms with Crippen LogP contribution in [0.5, 0.6) is 0 Å². The number of aliphatic hydroxyl groups is 2. The molecular formula is C58H85N3O14. The first-order chi connectivity index (χ1) is 35.7. The minimum Gasteiger partial charge on any atom is -0.460 e. The van der Waals surface area contributed by atoms with Crippen molar-refractivity contribution in [2.24, 2.45) is 35.5 Å². The number of cyclic esters (lactones) is 1. The molecule has 2 saturated heterocycles. The van der Waals surface area contributed by atoms with Gasteiger partial charge in [0.15, 0.2) is 5.78 Å². The number of esters is 1. The number of nitrogens with one attached hydrogen (secondary N) is 1. The fraction of sp³-hybridized carbons (Fsp3) is 0.672. The number of carbonyl (C=O) groups is 6. The number of pyridine rings is 1. The van der Waals surface area contributed by atoms with Crippen molar-refractivity contribution < 1.29 is 67.4 Å². The molecule has 0 radical (unpaired) electrons. The van der Waals surface area contributed by atoms with Gasteiger partial charge in [-0.2, -0.15) is 0 Å². The number of Topliss-reactive ketones (excluding diaryl/α,β-unsaturated/α-hetero) is 3. The fourth-order valence-electron chi connectivity index (χ4n) is 11.1. The zero-order chi connectivity index (χ0) is 55.0. The number of allylic oxidation sites excluding steroid dienone is 6. The molecule has 1 saturated carbocycles. The maximum Gasteiger partial charge on any atom is 0.407 e. The summed E-state index contributed by atoms with van der Waals surface area (Å²) in [6, 6.07) is 4.24. The highest BCUT2D eigenvalue weighted by Gasteiger charge is 2.53. The van der Waals surface area contributed by atoms with E-state index in [9.17, 15) is 39.0 Å². The molecule has 1 aliphatic carbocycles. The summed E-state index contributed by atoms with van der Waals surface area (Å²) >= 11 is 0. The third kappa shape index (κ3) is 16.8. The lowest BCUT2D eigenvalue weighted by molar-refractivity contribution is -0.265. The molecule has 15 atom stereocenters. The molecule has 17 heteroatoms. The Labute approximate surface area is 444 Å². The van der Waals surface area contributed by atoms with Gasteiger partial charge in [0.2, 0.25) is 5.79 Å². The number of ketones is 3. The van der Waals surface area contributed by atoms with Gasteiger partial charge in [-0.1, -0.05) is 77.1 Å². The van der Waals surface area contributed by atoms with E-state index in [0.717, 1.165) is 5.57 Å². The molecule has 75 heavy (non-hydrogen) atoms. The first-order valence-electron chi connectivity index (χ1n) is 27.0. The van der Waals surface area contributed by atoms with E-state index in [-0.39, 0.29) is 49.3 Å². The SMILES string of the molecule is CO[C@H]1C[C@@H]2CC[C@@H](C)[C@@](O)(O2)C(=O)C(=O)N2CCCC[C@H]2C(=O)O[C@H]([C@H](C)C[C@@H]2CC[C@@H](OC(=O)NCc3ccccn3)[C@H](OC)C2)CC(=O)[C@H](C)/C=C(\C)[C@@H](O)[C@@H](OC)C(=O)[C@H](C)C[C@H](C)\C=C/C=C/C=C/1C. The van der Waals surface area contributed by atoms with E-state index in [1.54, 1.807) is 59.4 Å². The Bertz CT molecular complexity index is 2210. The molecule has 3 fully saturated rings. The highest BCUT2D eigenvalue weighted by atomic mass is 16.6. The van der Waals surface area contributed by atoms with Crippen LogP contribution < -0.4 is 5.32 Å². The van der Waals surface area contributed by atoms with Crippen molar-refractivity contribution in [1.29, 1.82) is 0 Å². The van der Waals surface area contributed by atoms with Crippen LogP contribution in [-0.4, -0.2) is 138 Å². The number of rotatable bonds is 9. The van der Waals surface area contributed by atoms with E-state index >= 15 is 0 Å². The van der Waals surface area contributed by atoms with Crippen LogP contribution in [0.4, 0.5) is 4.79 Å². The van der Waals surface area contributed by atoms with E-state index in [0.29, 0.717) is 75.5 Å². The van der Waals surface area contributed by atoms with Crippen LogP contribution in [0.25, 0.3) is 0 Å². The molecule has 4 aliphatic rings. The highest BCUT2D eigenvalue weighted by molar-refractivity contribution is 6.39. The summed E-state index contributed by atoms with van der Waals surface area (Å²) in [6.45, 7) is 12.9. The minimum atomic E-state index is -2.46. The van der Waals surface area contributed by atoms with Crippen molar-refractivity contribution in [3.63, 3.8) is 0 Å². The van der Waals surface area contributed by atoms with Gasteiger partial charge in [-0.25, -0.2) is 9.59 Å². The molecule has 1 aromatic rings. The Morgan fingerprint density at radius 2 is 1.65 bits per heavy atom. The van der Waals surface area contributed by atoms with E-state index < -0.39 is 102 Å². The molecule has 4 heterocycles. The lowest BCUT2D eigenvalue weighted by atomic mass is 9.78. The number of hydrogen-bond acceptors (Lipinski definition) is 15. The predicted molar refractivity (Wildman–Crippen MR) is 280 cm³/mol. The zero-order valence-corrected chi connectivity index (χ0v) is 45.9. The summed E-state index contributed by atoms with van der Waals surface area (Å²) in [5.41, 5.74) is 1.92. The number of alkyl carbamates (subject to hydrolysis) is 1. The van der Waals surface area contributed by atoms with Crippen molar-refractivity contribution in [2.45, 2.75) is 187 Å². The van der Waals surface area contributed by atoms with E-state index in [1.165, 1.54) is 12.0 Å². The standard InChI is InChI=1S/C58H85N3O14/c1-35-18-12-11-13-19-36(2)48(70-8)32-44-24-22-41(7)58(69,75-44)54(65)55(66)61-27-17-15-21-45(61)56(67)73-49(33-46(62)37(3)29-40(6)52(64)53(72-10)51(63)39(5)28-35)38(4)30-42-23-25-47(50(31-42)71-9)74-57(68)60-34-43-20-14-16-26-59-43/h11-14,16,18-20,26,29,35,37-39,41-42,44-45,47-50,52-53,64,69H,15,17,21-25,27-28,30-34H2,1-10H3,(H,60,68)/b13-11+,18-12-,36-19+,40-29+/t35-,37-,38-,39-,41-,42+,44+,45+,47-,48+,49+,50-,52-,53+,58-/m1/s1. The van der Waals surface area contributed by atoms with E-state index in [1.807, 2.05) is 64.1 Å². The van der Waals surface area contributed by atoms with Gasteiger partial charge in [-0.3, -0.25) is 24.2 Å². The summed E-state index contributed by atoms with van der Waals surface area (Å²) in [5.74, 6) is -8.36. The molecule has 0 aromatic carbocycles. The largest absolute Gasteiger partial charge is 0.460 e. The van der Waals surface area contributed by atoms with Gasteiger partial charge >= 0.3 is 12.1 Å². The first-order valence-corrected chi connectivity index (χ1v) is 27.0. The predicted octanol–water partition coefficient (Wildman–Crippen LogP) is 7.51. The number of amides is 2. The van der Waals surface area contributed by atoms with Crippen molar-refractivity contribution >= 4 is 35.3 Å². The molecule has 5 rings (SSSR count). The Balaban J connectivity index is 1.42. The molecule has 3 N–H and O–H groups in total. The van der Waals surface area contributed by atoms with Gasteiger partial charge < -0.3 is 48.9 Å². The number of ether oxygens (including phenoxy) is 6. The van der Waals surface area contributed by atoms with Crippen LogP contribution in [0.1, 0.15) is 131 Å². The summed E-state index contributed by atoms with van der Waals surface area (Å²) in [6.07, 6.45) is 11.6. The van der Waals surface area contributed by atoms with Crippen LogP contribution in [0.3, 0.4) is 0 Å². The fourth-order valence-corrected chi connectivity index (χ4v) is 11.1. The topological polar surface area (TPSA) is 226 Å². The molecule has 0 unspecified atom stereocenters. The molecule has 0 spiro atoms. The maximum atomic E-state index is 14.6. The quantitative estimate of drug-likeness (QED) is 0.124. The van der Waals surface area contributed by atoms with Crippen LogP contribution >= 0.6 is 0 Å². The number of carbonyl (C=O) groups excluding carboxylic acids is 6. The molecule has 1 aromatic heterocycles. The summed E-state index contributed by atoms with van der Waals surface area (Å²) in [4.78, 5) is 89.7. The second-order valence-electron chi connectivity index (χ2n) is 21.6. The van der Waals surface area contributed by atoms with Gasteiger partial charge in [0, 0.05) is 64.7 Å². The number of methoxy groups -OCH3 is 3. The molecule has 17 nitrogen and oxygen atoms in total. The van der Waals surface area contributed by atoms with Crippen LogP contribution in [0.2, 0.25) is 0 Å². The maximum absolute atomic E-state index is 14.6. The first kappa shape index (κ1) is 60.9. The minimum absolute atomic E-state index is 0.00176. The Hall–Kier alpha value is -4.91. The third-order valence-corrected chi connectivity index (χ3v) is 15.9. The number of hydrogen-bond donors (Lipinski definition) is 3. The summed E-state index contributed by atoms with van der Waals surface area (Å²) < 4.78 is 35.6. The second-order valence-corrected chi connectivity index (χ2v) is 21.6. The normalized spacial score (nSPS) is 36.4. The van der Waals surface area contributed by atoms with Crippen molar-refractivity contribution in [2.75, 3.05) is 27.9 Å². The second kappa shape index (κ2) is 29.0.